The van der Waals surface area contributed by atoms with Crippen molar-refractivity contribution in [2.45, 2.75) is 18.2 Å². The highest BCUT2D eigenvalue weighted by Gasteiger charge is 2.08. The molecular weight excluding hydrogens is 282 g/mol. The van der Waals surface area contributed by atoms with Crippen LogP contribution >= 0.6 is 27.7 Å². The third kappa shape index (κ3) is 4.11. The predicted molar refractivity (Wildman–Crippen MR) is 64.7 cm³/mol. The highest BCUT2D eigenvalue weighted by molar-refractivity contribution is 9.09. The maximum absolute atomic E-state index is 13.2. The number of hydrogen-bond acceptors (Lipinski definition) is 1. The van der Waals surface area contributed by atoms with E-state index in [4.69, 9.17) is 0 Å². The van der Waals surface area contributed by atoms with E-state index in [1.165, 1.54) is 23.9 Å². The Morgan fingerprint density at radius 3 is 2.67 bits per heavy atom. The molecule has 0 radical (unpaired) electrons. The second kappa shape index (κ2) is 6.48. The molecule has 84 valence electrons. The first kappa shape index (κ1) is 13.0. The van der Waals surface area contributed by atoms with Gasteiger partial charge in [-0.3, -0.25) is 0 Å². The summed E-state index contributed by atoms with van der Waals surface area (Å²) in [6.07, 6.45) is 1.06. The van der Waals surface area contributed by atoms with E-state index < -0.39 is 11.6 Å². The second-order valence-electron chi connectivity index (χ2n) is 3.31. The van der Waals surface area contributed by atoms with Gasteiger partial charge in [0, 0.05) is 22.0 Å². The molecule has 0 aliphatic rings. The van der Waals surface area contributed by atoms with Crippen molar-refractivity contribution in [1.29, 1.82) is 0 Å². The summed E-state index contributed by atoms with van der Waals surface area (Å²) in [5.74, 6) is 0.387. The van der Waals surface area contributed by atoms with Crippen LogP contribution in [0.2, 0.25) is 0 Å². The summed E-state index contributed by atoms with van der Waals surface area (Å²) < 4.78 is 25.9. The fourth-order valence-electron chi connectivity index (χ4n) is 1.07. The Labute approximate surface area is 102 Å². The van der Waals surface area contributed by atoms with Crippen LogP contribution in [0, 0.1) is 17.6 Å². The molecule has 1 aromatic rings. The maximum atomic E-state index is 13.2. The molecule has 1 aromatic carbocycles. The second-order valence-corrected chi connectivity index (χ2v) is 5.02. The van der Waals surface area contributed by atoms with Crippen molar-refractivity contribution in [1.82, 2.24) is 0 Å². The minimum absolute atomic E-state index is 0.468. The zero-order valence-electron chi connectivity index (χ0n) is 8.47. The van der Waals surface area contributed by atoms with Gasteiger partial charge in [0.05, 0.1) is 0 Å². The van der Waals surface area contributed by atoms with Crippen LogP contribution in [0.5, 0.6) is 0 Å². The maximum Gasteiger partial charge on any atom is 0.139 e. The van der Waals surface area contributed by atoms with Crippen molar-refractivity contribution in [3.05, 3.63) is 29.8 Å². The lowest BCUT2D eigenvalue weighted by atomic mass is 10.2. The lowest BCUT2D eigenvalue weighted by Gasteiger charge is -2.10. The van der Waals surface area contributed by atoms with Crippen LogP contribution in [0.1, 0.15) is 13.3 Å². The molecule has 1 atom stereocenters. The largest absolute Gasteiger partial charge is 0.207 e. The minimum Gasteiger partial charge on any atom is -0.207 e. The summed E-state index contributed by atoms with van der Waals surface area (Å²) in [5.41, 5.74) is 0. The minimum atomic E-state index is -0.524. The van der Waals surface area contributed by atoms with Gasteiger partial charge < -0.3 is 0 Å². The van der Waals surface area contributed by atoms with E-state index in [-0.39, 0.29) is 0 Å². The topological polar surface area (TPSA) is 0 Å². The Kier molecular flexibility index (Phi) is 5.61. The predicted octanol–water partition coefficient (Wildman–Crippen LogP) is 4.48. The van der Waals surface area contributed by atoms with E-state index in [1.54, 1.807) is 0 Å². The lowest BCUT2D eigenvalue weighted by Crippen LogP contribution is -2.03. The Balaban J connectivity index is 2.57. The zero-order valence-corrected chi connectivity index (χ0v) is 10.9. The molecule has 0 N–H and O–H groups in total. The van der Waals surface area contributed by atoms with E-state index >= 15 is 0 Å². The van der Waals surface area contributed by atoms with Gasteiger partial charge >= 0.3 is 0 Å². The fraction of sp³-hybridized carbons (Fsp3) is 0.455. The van der Waals surface area contributed by atoms with Gasteiger partial charge in [0.15, 0.2) is 0 Å². The van der Waals surface area contributed by atoms with Gasteiger partial charge in [-0.25, -0.2) is 8.78 Å². The number of halogens is 3. The Morgan fingerprint density at radius 1 is 1.40 bits per heavy atom. The van der Waals surface area contributed by atoms with Gasteiger partial charge in [0.1, 0.15) is 11.6 Å². The zero-order chi connectivity index (χ0) is 11.3. The van der Waals surface area contributed by atoms with Crippen molar-refractivity contribution in [2.24, 2.45) is 5.92 Å². The summed E-state index contributed by atoms with van der Waals surface area (Å²) in [6, 6.07) is 3.72. The summed E-state index contributed by atoms with van der Waals surface area (Å²) in [6.45, 7) is 2.10. The molecule has 0 saturated carbocycles. The standard InChI is InChI=1S/C11H13BrF2S/c1-2-8(6-12)7-15-11-4-3-9(13)5-10(11)14/h3-5,8H,2,6-7H2,1H3. The molecule has 0 bridgehead atoms. The molecule has 1 unspecified atom stereocenters. The SMILES string of the molecule is CCC(CBr)CSc1ccc(F)cc1F. The first-order valence-electron chi connectivity index (χ1n) is 4.81. The van der Waals surface area contributed by atoms with Crippen LogP contribution in [0.3, 0.4) is 0 Å². The fourth-order valence-corrected chi connectivity index (χ4v) is 3.19. The van der Waals surface area contributed by atoms with E-state index in [9.17, 15) is 8.78 Å². The highest BCUT2D eigenvalue weighted by atomic mass is 79.9. The lowest BCUT2D eigenvalue weighted by molar-refractivity contribution is 0.565. The van der Waals surface area contributed by atoms with Crippen LogP contribution < -0.4 is 0 Å². The molecule has 0 spiro atoms. The molecule has 0 aromatic heterocycles. The number of thioether (sulfide) groups is 1. The molecule has 15 heavy (non-hydrogen) atoms. The van der Waals surface area contributed by atoms with Crippen LogP contribution in [-0.4, -0.2) is 11.1 Å². The summed E-state index contributed by atoms with van der Waals surface area (Å²) in [4.78, 5) is 0.524. The Morgan fingerprint density at radius 2 is 2.13 bits per heavy atom. The third-order valence-electron chi connectivity index (χ3n) is 2.16. The average Bonchev–Trinajstić information content (AvgIpc) is 2.22. The van der Waals surface area contributed by atoms with Gasteiger partial charge in [-0.05, 0) is 18.1 Å². The van der Waals surface area contributed by atoms with Gasteiger partial charge in [-0.2, -0.15) is 0 Å². The Hall–Kier alpha value is -0.0900. The number of hydrogen-bond donors (Lipinski definition) is 0. The molecule has 0 fully saturated rings. The van der Waals surface area contributed by atoms with E-state index in [2.05, 4.69) is 22.9 Å². The van der Waals surface area contributed by atoms with Crippen LogP contribution in [0.25, 0.3) is 0 Å². The third-order valence-corrected chi connectivity index (χ3v) is 4.36. The quantitative estimate of drug-likeness (QED) is 0.570. The first-order chi connectivity index (χ1) is 7.17. The average molecular weight is 295 g/mol. The van der Waals surface area contributed by atoms with E-state index in [0.717, 1.165) is 23.6 Å². The summed E-state index contributed by atoms with van der Waals surface area (Å²) in [7, 11) is 0. The van der Waals surface area contributed by atoms with Crippen molar-refractivity contribution in [3.63, 3.8) is 0 Å². The van der Waals surface area contributed by atoms with Gasteiger partial charge in [0.2, 0.25) is 0 Å². The molecule has 0 nitrogen and oxygen atoms in total. The molecule has 0 amide bonds. The van der Waals surface area contributed by atoms with E-state index in [0.29, 0.717) is 10.8 Å². The van der Waals surface area contributed by atoms with Gasteiger partial charge in [-0.15, -0.1) is 11.8 Å². The smallest absolute Gasteiger partial charge is 0.139 e. The van der Waals surface area contributed by atoms with Crippen molar-refractivity contribution in [2.75, 3.05) is 11.1 Å². The van der Waals surface area contributed by atoms with Gasteiger partial charge in [0.25, 0.3) is 0 Å². The molecule has 0 saturated heterocycles. The molecule has 1 rings (SSSR count). The number of alkyl halides is 1. The molecule has 0 aliphatic heterocycles. The van der Waals surface area contributed by atoms with Crippen LogP contribution in [-0.2, 0) is 0 Å². The highest BCUT2D eigenvalue weighted by Crippen LogP contribution is 2.25. The molecular formula is C11H13BrF2S. The summed E-state index contributed by atoms with van der Waals surface area (Å²) >= 11 is 4.85. The normalized spacial score (nSPS) is 12.8. The van der Waals surface area contributed by atoms with Crippen LogP contribution in [0.15, 0.2) is 23.1 Å². The number of benzene rings is 1. The molecule has 0 aliphatic carbocycles. The molecule has 4 heteroatoms. The van der Waals surface area contributed by atoms with Crippen molar-refractivity contribution < 1.29 is 8.78 Å². The van der Waals surface area contributed by atoms with Crippen LogP contribution in [0.4, 0.5) is 8.78 Å². The molecule has 0 heterocycles. The van der Waals surface area contributed by atoms with E-state index in [1.807, 2.05) is 0 Å². The monoisotopic (exact) mass is 294 g/mol. The van der Waals surface area contributed by atoms with Crippen molar-refractivity contribution >= 4 is 27.7 Å². The number of rotatable bonds is 5. The van der Waals surface area contributed by atoms with Crippen molar-refractivity contribution in [3.8, 4) is 0 Å². The van der Waals surface area contributed by atoms with Gasteiger partial charge in [-0.1, -0.05) is 29.3 Å². The first-order valence-corrected chi connectivity index (χ1v) is 6.91. The summed E-state index contributed by atoms with van der Waals surface area (Å²) in [5, 5.41) is 0.916. The Bertz CT molecular complexity index is 313.